The van der Waals surface area contributed by atoms with E-state index in [9.17, 15) is 29.4 Å². The van der Waals surface area contributed by atoms with Crippen LogP contribution in [0.2, 0.25) is 0 Å². The van der Waals surface area contributed by atoms with Gasteiger partial charge in [-0.05, 0) is 67.1 Å². The second-order valence-electron chi connectivity index (χ2n) is 6.65. The van der Waals surface area contributed by atoms with Crippen molar-refractivity contribution in [2.75, 3.05) is 20.2 Å². The molecule has 10 heteroatoms. The highest BCUT2D eigenvalue weighted by Crippen LogP contribution is 2.05. The molecule has 0 amide bonds. The zero-order valence-corrected chi connectivity index (χ0v) is 18.6. The van der Waals surface area contributed by atoms with Gasteiger partial charge < -0.3 is 41.1 Å². The largest absolute Gasteiger partial charge is 0.545 e. The first kappa shape index (κ1) is 29.2. The molecule has 0 aliphatic rings. The zero-order chi connectivity index (χ0) is 25.2. The smallest absolute Gasteiger partial charge is 0.337 e. The third-order valence-corrected chi connectivity index (χ3v) is 4.14. The maximum absolute atomic E-state index is 10.9. The van der Waals surface area contributed by atoms with E-state index >= 15 is 0 Å². The van der Waals surface area contributed by atoms with Crippen LogP contribution in [0.15, 0.2) is 48.5 Å². The molecule has 0 saturated carbocycles. The number of hydrogen-bond acceptors (Lipinski definition) is 7. The predicted molar refractivity (Wildman–Crippen MR) is 114 cm³/mol. The predicted octanol–water partition coefficient (Wildman–Crippen LogP) is -1.38. The third kappa shape index (κ3) is 12.6. The van der Waals surface area contributed by atoms with Gasteiger partial charge in [0.15, 0.2) is 0 Å². The maximum atomic E-state index is 10.9. The number of unbranched alkanes of at least 4 members (excludes halogenated alkanes) is 3. The maximum Gasteiger partial charge on any atom is 0.337 e. The molecule has 2 rings (SSSR count). The number of carboxylic acids is 3. The Morgan fingerprint density at radius 3 is 1.52 bits per heavy atom. The van der Waals surface area contributed by atoms with E-state index in [0.717, 1.165) is 19.2 Å². The Bertz CT molecular complexity index is 862. The van der Waals surface area contributed by atoms with Gasteiger partial charge in [-0.25, -0.2) is 9.59 Å². The molecular weight excluding hydrogens is 432 g/mol. The molecule has 0 aliphatic carbocycles. The Kier molecular flexibility index (Phi) is 15.0. The first-order valence-corrected chi connectivity index (χ1v) is 10.2. The first-order valence-electron chi connectivity index (χ1n) is 10.2. The Hall–Kier alpha value is -3.76. The Morgan fingerprint density at radius 1 is 0.758 bits per heavy atom. The Balaban J connectivity index is 0.000000480. The number of aromatic carboxylic acids is 3. The zero-order valence-electron chi connectivity index (χ0n) is 18.6. The second kappa shape index (κ2) is 16.9. The highest BCUT2D eigenvalue weighted by Gasteiger charge is 2.06. The van der Waals surface area contributed by atoms with E-state index in [2.05, 4.69) is 16.2 Å². The van der Waals surface area contributed by atoms with Gasteiger partial charge in [-0.2, -0.15) is 0 Å². The Labute approximate surface area is 191 Å². The lowest BCUT2D eigenvalue weighted by Crippen LogP contribution is -2.50. The molecule has 7 N–H and O–H groups in total. The van der Waals surface area contributed by atoms with Gasteiger partial charge in [0.25, 0.3) is 0 Å². The molecular formula is C23H30N2O8. The molecule has 2 aromatic carbocycles. The summed E-state index contributed by atoms with van der Waals surface area (Å²) in [5, 5.41) is 29.1. The van der Waals surface area contributed by atoms with Crippen molar-refractivity contribution in [3.63, 3.8) is 0 Å². The summed E-state index contributed by atoms with van der Waals surface area (Å²) < 4.78 is 4.45. The molecule has 0 spiro atoms. The summed E-state index contributed by atoms with van der Waals surface area (Å²) in [6.07, 6.45) is 5.28. The van der Waals surface area contributed by atoms with Gasteiger partial charge in [0.2, 0.25) is 0 Å². The lowest BCUT2D eigenvalue weighted by molar-refractivity contribution is -0.371. The quantitative estimate of drug-likeness (QED) is 0.299. The van der Waals surface area contributed by atoms with Crippen LogP contribution in [0.4, 0.5) is 0 Å². The minimum absolute atomic E-state index is 0.146. The van der Waals surface area contributed by atoms with Crippen molar-refractivity contribution in [2.45, 2.75) is 25.7 Å². The van der Waals surface area contributed by atoms with Gasteiger partial charge in [0, 0.05) is 0 Å². The number of benzene rings is 2. The number of esters is 1. The number of methoxy groups -OCH3 is 1. The van der Waals surface area contributed by atoms with Crippen LogP contribution in [-0.2, 0) is 4.74 Å². The van der Waals surface area contributed by atoms with Gasteiger partial charge in [-0.3, -0.25) is 0 Å². The van der Waals surface area contributed by atoms with Gasteiger partial charge in [-0.15, -0.1) is 0 Å². The minimum atomic E-state index is -1.40. The van der Waals surface area contributed by atoms with Crippen LogP contribution in [-0.4, -0.2) is 49.2 Å². The van der Waals surface area contributed by atoms with E-state index in [-0.39, 0.29) is 16.7 Å². The van der Waals surface area contributed by atoms with Gasteiger partial charge in [-0.1, -0.05) is 18.2 Å². The fraction of sp³-hybridized carbons (Fsp3) is 0.304. The van der Waals surface area contributed by atoms with Gasteiger partial charge in [0.05, 0.1) is 43.3 Å². The van der Waals surface area contributed by atoms with Crippen molar-refractivity contribution in [3.8, 4) is 0 Å². The molecule has 2 aromatic rings. The fourth-order valence-corrected chi connectivity index (χ4v) is 2.35. The van der Waals surface area contributed by atoms with Crippen molar-refractivity contribution in [1.29, 1.82) is 0 Å². The number of hydrogen-bond donors (Lipinski definition) is 3. The molecule has 180 valence electrons. The number of quaternary nitrogens is 2. The van der Waals surface area contributed by atoms with Crippen LogP contribution in [0.5, 0.6) is 0 Å². The molecule has 0 radical (unpaired) electrons. The van der Waals surface area contributed by atoms with Crippen LogP contribution in [0.3, 0.4) is 0 Å². The summed E-state index contributed by atoms with van der Waals surface area (Å²) in [4.78, 5) is 41.9. The monoisotopic (exact) mass is 462 g/mol. The topological polar surface area (TPSA) is 199 Å². The average Bonchev–Trinajstić information content (AvgIpc) is 2.82. The van der Waals surface area contributed by atoms with E-state index in [1.807, 2.05) is 0 Å². The van der Waals surface area contributed by atoms with E-state index in [0.29, 0.717) is 5.56 Å². The highest BCUT2D eigenvalue weighted by atomic mass is 16.5. The van der Waals surface area contributed by atoms with E-state index in [4.69, 9.17) is 5.11 Å². The molecule has 0 aromatic heterocycles. The van der Waals surface area contributed by atoms with Crippen molar-refractivity contribution >= 4 is 23.9 Å². The number of carbonyl (C=O) groups is 4. The fourth-order valence-electron chi connectivity index (χ4n) is 2.35. The molecule has 0 heterocycles. The van der Waals surface area contributed by atoms with Gasteiger partial charge in [0.1, 0.15) is 0 Å². The SMILES string of the molecule is COC(=O)c1ccc(C(=O)O)cc1.O=C([O-])c1cccc(C(=O)[O-])c1.[NH3+]CCCCCC[NH3+]. The van der Waals surface area contributed by atoms with Crippen LogP contribution in [0.1, 0.15) is 67.1 Å². The molecule has 10 nitrogen and oxygen atoms in total. The molecule has 0 aliphatic heterocycles. The average molecular weight is 462 g/mol. The first-order chi connectivity index (χ1) is 15.7. The Morgan fingerprint density at radius 2 is 1.18 bits per heavy atom. The summed E-state index contributed by atoms with van der Waals surface area (Å²) in [7, 11) is 1.27. The summed E-state index contributed by atoms with van der Waals surface area (Å²) in [6, 6.07) is 10.3. The van der Waals surface area contributed by atoms with Crippen LogP contribution in [0, 0.1) is 0 Å². The van der Waals surface area contributed by atoms with Gasteiger partial charge >= 0.3 is 11.9 Å². The van der Waals surface area contributed by atoms with Crippen LogP contribution < -0.4 is 21.7 Å². The van der Waals surface area contributed by atoms with Crippen molar-refractivity contribution in [1.82, 2.24) is 0 Å². The van der Waals surface area contributed by atoms with Crippen molar-refractivity contribution in [3.05, 3.63) is 70.8 Å². The highest BCUT2D eigenvalue weighted by molar-refractivity contribution is 5.93. The molecule has 0 atom stereocenters. The molecule has 0 unspecified atom stereocenters. The molecule has 0 saturated heterocycles. The van der Waals surface area contributed by atoms with E-state index in [1.54, 1.807) is 0 Å². The summed E-state index contributed by atoms with van der Waals surface area (Å²) in [5.74, 6) is -4.30. The van der Waals surface area contributed by atoms with Crippen LogP contribution in [0.25, 0.3) is 0 Å². The molecule has 33 heavy (non-hydrogen) atoms. The molecule has 0 bridgehead atoms. The normalized spacial score (nSPS) is 9.42. The number of carbonyl (C=O) groups excluding carboxylic acids is 3. The second-order valence-corrected chi connectivity index (χ2v) is 6.65. The standard InChI is InChI=1S/C9H8O4.C8H6O4.C6H16N2/c1-13-9(12)7-4-2-6(3-5-7)8(10)11;9-7(10)5-2-1-3-6(4-5)8(11)12;7-5-3-1-2-4-6-8/h2-5H,1H3,(H,10,11);1-4H,(H,9,10)(H,11,12);1-8H2. The van der Waals surface area contributed by atoms with Crippen molar-refractivity contribution in [2.24, 2.45) is 0 Å². The number of carboxylic acid groups (broad SMARTS) is 3. The lowest BCUT2D eigenvalue weighted by Gasteiger charge is -2.05. The summed E-state index contributed by atoms with van der Waals surface area (Å²) >= 11 is 0. The van der Waals surface area contributed by atoms with Crippen molar-refractivity contribution < 1.29 is 50.7 Å². The molecule has 0 fully saturated rings. The third-order valence-electron chi connectivity index (χ3n) is 4.14. The van der Waals surface area contributed by atoms with Crippen LogP contribution >= 0.6 is 0 Å². The van der Waals surface area contributed by atoms with E-state index in [1.165, 1.54) is 75.3 Å². The summed E-state index contributed by atoms with van der Waals surface area (Å²) in [5.41, 5.74) is 7.68. The van der Waals surface area contributed by atoms with E-state index < -0.39 is 23.9 Å². The minimum Gasteiger partial charge on any atom is -0.545 e. The number of rotatable bonds is 9. The lowest BCUT2D eigenvalue weighted by atomic mass is 10.1. The number of ether oxygens (including phenoxy) is 1. The summed E-state index contributed by atoms with van der Waals surface area (Å²) in [6.45, 7) is 2.19.